The monoisotopic (exact) mass is 346 g/mol. The summed E-state index contributed by atoms with van der Waals surface area (Å²) in [6.07, 6.45) is 0. The Morgan fingerprint density at radius 1 is 1.33 bits per heavy atom. The van der Waals surface area contributed by atoms with Crippen LogP contribution >= 0.6 is 15.9 Å². The van der Waals surface area contributed by atoms with Crippen LogP contribution in [-0.2, 0) is 6.54 Å². The highest BCUT2D eigenvalue weighted by molar-refractivity contribution is 9.10. The lowest BCUT2D eigenvalue weighted by Gasteiger charge is -2.12. The summed E-state index contributed by atoms with van der Waals surface area (Å²) >= 11 is 3.34. The van der Waals surface area contributed by atoms with E-state index in [9.17, 15) is 5.11 Å². The fourth-order valence-electron chi connectivity index (χ4n) is 1.94. The Morgan fingerprint density at radius 2 is 2.14 bits per heavy atom. The molecule has 0 atom stereocenters. The largest absolute Gasteiger partial charge is 0.504 e. The molecule has 0 aliphatic rings. The Bertz CT molecular complexity index is 680. The van der Waals surface area contributed by atoms with Crippen LogP contribution in [0.2, 0.25) is 0 Å². The third-order valence-corrected chi connectivity index (χ3v) is 3.45. The first kappa shape index (κ1) is 15.2. The van der Waals surface area contributed by atoms with Crippen molar-refractivity contribution in [3.63, 3.8) is 0 Å². The molecule has 5 heteroatoms. The van der Waals surface area contributed by atoms with Gasteiger partial charge in [-0.25, -0.2) is 0 Å². The molecule has 2 aromatic rings. The van der Waals surface area contributed by atoms with Crippen molar-refractivity contribution in [3.8, 4) is 17.6 Å². The molecule has 2 N–H and O–H groups in total. The Balaban J connectivity index is 2.17. The SMILES string of the molecule is CCOc1cccc(CNc2ccc(Br)cc2C#N)c1O. The molecule has 0 saturated heterocycles. The first-order chi connectivity index (χ1) is 10.2. The third kappa shape index (κ3) is 3.67. The number of nitrogens with zero attached hydrogens (tertiary/aromatic N) is 1. The van der Waals surface area contributed by atoms with Crippen molar-refractivity contribution in [2.45, 2.75) is 13.5 Å². The number of ether oxygens (including phenoxy) is 1. The number of aromatic hydroxyl groups is 1. The van der Waals surface area contributed by atoms with Crippen LogP contribution in [0.25, 0.3) is 0 Å². The number of benzene rings is 2. The van der Waals surface area contributed by atoms with E-state index in [4.69, 9.17) is 10.00 Å². The summed E-state index contributed by atoms with van der Waals surface area (Å²) in [5, 5.41) is 22.4. The lowest BCUT2D eigenvalue weighted by Crippen LogP contribution is -2.02. The number of hydrogen-bond acceptors (Lipinski definition) is 4. The van der Waals surface area contributed by atoms with Gasteiger partial charge in [-0.05, 0) is 31.2 Å². The molecule has 0 amide bonds. The first-order valence-corrected chi connectivity index (χ1v) is 7.32. The van der Waals surface area contributed by atoms with Gasteiger partial charge in [-0.3, -0.25) is 0 Å². The molecule has 0 radical (unpaired) electrons. The van der Waals surface area contributed by atoms with Crippen molar-refractivity contribution in [1.82, 2.24) is 0 Å². The van der Waals surface area contributed by atoms with Gasteiger partial charge in [0, 0.05) is 16.6 Å². The van der Waals surface area contributed by atoms with Gasteiger partial charge in [-0.1, -0.05) is 28.1 Å². The molecule has 0 fully saturated rings. The molecule has 0 unspecified atom stereocenters. The van der Waals surface area contributed by atoms with Crippen molar-refractivity contribution in [3.05, 3.63) is 52.0 Å². The fraction of sp³-hybridized carbons (Fsp3) is 0.188. The Labute approximate surface area is 132 Å². The van der Waals surface area contributed by atoms with Crippen molar-refractivity contribution >= 4 is 21.6 Å². The van der Waals surface area contributed by atoms with Gasteiger partial charge in [0.05, 0.1) is 17.9 Å². The van der Waals surface area contributed by atoms with Crippen molar-refractivity contribution in [2.24, 2.45) is 0 Å². The van der Waals surface area contributed by atoms with E-state index in [0.29, 0.717) is 30.0 Å². The Hall–Kier alpha value is -2.19. The summed E-state index contributed by atoms with van der Waals surface area (Å²) < 4.78 is 6.21. The van der Waals surface area contributed by atoms with Gasteiger partial charge < -0.3 is 15.2 Å². The zero-order valence-corrected chi connectivity index (χ0v) is 13.1. The van der Waals surface area contributed by atoms with E-state index < -0.39 is 0 Å². The summed E-state index contributed by atoms with van der Waals surface area (Å²) in [4.78, 5) is 0. The van der Waals surface area contributed by atoms with Crippen LogP contribution in [0.3, 0.4) is 0 Å². The van der Waals surface area contributed by atoms with Gasteiger partial charge >= 0.3 is 0 Å². The standard InChI is InChI=1S/C16H15BrN2O2/c1-2-21-15-5-3-4-11(16(15)20)10-19-14-7-6-13(17)8-12(14)9-18/h3-8,19-20H,2,10H2,1H3. The van der Waals surface area contributed by atoms with Gasteiger partial charge in [-0.15, -0.1) is 0 Å². The van der Waals surface area contributed by atoms with Crippen LogP contribution in [-0.4, -0.2) is 11.7 Å². The maximum atomic E-state index is 10.1. The van der Waals surface area contributed by atoms with Crippen LogP contribution in [0.1, 0.15) is 18.1 Å². The minimum Gasteiger partial charge on any atom is -0.504 e. The molecule has 2 rings (SSSR count). The van der Waals surface area contributed by atoms with E-state index in [-0.39, 0.29) is 5.75 Å². The average Bonchev–Trinajstić information content (AvgIpc) is 2.49. The average molecular weight is 347 g/mol. The Kier molecular flexibility index (Phi) is 5.07. The van der Waals surface area contributed by atoms with E-state index >= 15 is 0 Å². The smallest absolute Gasteiger partial charge is 0.162 e. The van der Waals surface area contributed by atoms with Crippen molar-refractivity contribution < 1.29 is 9.84 Å². The predicted molar refractivity (Wildman–Crippen MR) is 85.5 cm³/mol. The molecule has 0 bridgehead atoms. The molecule has 0 spiro atoms. The zero-order chi connectivity index (χ0) is 15.2. The molecule has 0 saturated carbocycles. The zero-order valence-electron chi connectivity index (χ0n) is 11.6. The van der Waals surface area contributed by atoms with Crippen molar-refractivity contribution in [1.29, 1.82) is 5.26 Å². The maximum absolute atomic E-state index is 10.1. The number of rotatable bonds is 5. The lowest BCUT2D eigenvalue weighted by atomic mass is 10.1. The van der Waals surface area contributed by atoms with E-state index in [1.165, 1.54) is 0 Å². The summed E-state index contributed by atoms with van der Waals surface area (Å²) in [5.74, 6) is 0.593. The molecular formula is C16H15BrN2O2. The fourth-order valence-corrected chi connectivity index (χ4v) is 2.30. The van der Waals surface area contributed by atoms with Gasteiger partial charge in [0.15, 0.2) is 11.5 Å². The highest BCUT2D eigenvalue weighted by Gasteiger charge is 2.09. The molecule has 0 aliphatic heterocycles. The summed E-state index contributed by atoms with van der Waals surface area (Å²) in [5.41, 5.74) is 1.99. The second-order valence-corrected chi connectivity index (χ2v) is 5.27. The predicted octanol–water partition coefficient (Wildman–Crippen LogP) is 4.04. The van der Waals surface area contributed by atoms with Gasteiger partial charge in [0.25, 0.3) is 0 Å². The number of hydrogen-bond donors (Lipinski definition) is 2. The maximum Gasteiger partial charge on any atom is 0.162 e. The lowest BCUT2D eigenvalue weighted by molar-refractivity contribution is 0.317. The second kappa shape index (κ2) is 7.00. The van der Waals surface area contributed by atoms with E-state index in [0.717, 1.165) is 10.2 Å². The summed E-state index contributed by atoms with van der Waals surface area (Å²) in [6, 6.07) is 12.9. The van der Waals surface area contributed by atoms with Crippen molar-refractivity contribution in [2.75, 3.05) is 11.9 Å². The van der Waals surface area contributed by atoms with Gasteiger partial charge in [0.1, 0.15) is 6.07 Å². The highest BCUT2D eigenvalue weighted by atomic mass is 79.9. The molecule has 0 aromatic heterocycles. The normalized spacial score (nSPS) is 9.95. The molecule has 0 aliphatic carbocycles. The minimum atomic E-state index is 0.127. The topological polar surface area (TPSA) is 65.3 Å². The highest BCUT2D eigenvalue weighted by Crippen LogP contribution is 2.30. The molecule has 4 nitrogen and oxygen atoms in total. The molecule has 0 heterocycles. The number of phenolic OH excluding ortho intramolecular Hbond substituents is 1. The number of nitrogens with one attached hydrogen (secondary N) is 1. The van der Waals surface area contributed by atoms with Crippen LogP contribution in [0, 0.1) is 11.3 Å². The molecule has 21 heavy (non-hydrogen) atoms. The first-order valence-electron chi connectivity index (χ1n) is 6.53. The number of anilines is 1. The van der Waals surface area contributed by atoms with E-state index in [1.54, 1.807) is 12.1 Å². The number of halogens is 1. The van der Waals surface area contributed by atoms with Crippen LogP contribution in [0.15, 0.2) is 40.9 Å². The number of para-hydroxylation sites is 1. The van der Waals surface area contributed by atoms with Crippen LogP contribution < -0.4 is 10.1 Å². The van der Waals surface area contributed by atoms with E-state index in [2.05, 4.69) is 27.3 Å². The van der Waals surface area contributed by atoms with Crippen LogP contribution in [0.4, 0.5) is 5.69 Å². The minimum absolute atomic E-state index is 0.127. The third-order valence-electron chi connectivity index (χ3n) is 2.95. The molecule has 2 aromatic carbocycles. The molecular weight excluding hydrogens is 332 g/mol. The Morgan fingerprint density at radius 3 is 2.86 bits per heavy atom. The molecule has 108 valence electrons. The van der Waals surface area contributed by atoms with Gasteiger partial charge in [0.2, 0.25) is 0 Å². The summed E-state index contributed by atoms with van der Waals surface area (Å²) in [7, 11) is 0. The number of phenols is 1. The van der Waals surface area contributed by atoms with E-state index in [1.807, 2.05) is 31.2 Å². The summed E-state index contributed by atoms with van der Waals surface area (Å²) in [6.45, 7) is 2.77. The van der Waals surface area contributed by atoms with Crippen LogP contribution in [0.5, 0.6) is 11.5 Å². The number of nitriles is 1. The second-order valence-electron chi connectivity index (χ2n) is 4.35. The quantitative estimate of drug-likeness (QED) is 0.857. The van der Waals surface area contributed by atoms with Gasteiger partial charge in [-0.2, -0.15) is 5.26 Å².